The van der Waals surface area contributed by atoms with E-state index in [0.29, 0.717) is 11.4 Å². The highest BCUT2D eigenvalue weighted by Gasteiger charge is 2.07. The second-order valence-electron chi connectivity index (χ2n) is 2.14. The fraction of sp³-hybridized carbons (Fsp3) is 0. The normalized spacial score (nSPS) is 9.55. The van der Waals surface area contributed by atoms with Crippen molar-refractivity contribution in [3.05, 3.63) is 28.3 Å². The Kier molecular flexibility index (Phi) is 1.74. The summed E-state index contributed by atoms with van der Waals surface area (Å²) in [5.74, 6) is 0. The van der Waals surface area contributed by atoms with Gasteiger partial charge in [-0.3, -0.25) is 10.1 Å². The molecule has 1 aromatic carbocycles. The number of hydrogen-bond donors (Lipinski definition) is 2. The summed E-state index contributed by atoms with van der Waals surface area (Å²) in [4.78, 5) is 9.70. The SMILES string of the molecule is Nc1cc([N+](=O)[O-])ccc1[NH3+]. The van der Waals surface area contributed by atoms with Gasteiger partial charge in [-0.05, 0) is 0 Å². The van der Waals surface area contributed by atoms with Crippen molar-refractivity contribution in [2.45, 2.75) is 0 Å². The monoisotopic (exact) mass is 154 g/mol. The smallest absolute Gasteiger partial charge is 0.271 e. The first kappa shape index (κ1) is 7.49. The van der Waals surface area contributed by atoms with E-state index in [2.05, 4.69) is 5.73 Å². The standard InChI is InChI=1S/C6H7N3O2/c7-5-2-1-4(9(10)11)3-6(5)8/h1-3H,7-8H2/p+1. The maximum Gasteiger partial charge on any atom is 0.271 e. The van der Waals surface area contributed by atoms with Crippen molar-refractivity contribution in [3.63, 3.8) is 0 Å². The van der Waals surface area contributed by atoms with Crippen LogP contribution in [0.1, 0.15) is 0 Å². The van der Waals surface area contributed by atoms with Crippen LogP contribution in [-0.2, 0) is 0 Å². The first-order valence-electron chi connectivity index (χ1n) is 2.97. The van der Waals surface area contributed by atoms with E-state index in [0.717, 1.165) is 0 Å². The summed E-state index contributed by atoms with van der Waals surface area (Å²) in [5, 5.41) is 10.2. The third kappa shape index (κ3) is 1.44. The average Bonchev–Trinajstić information content (AvgIpc) is 1.94. The second kappa shape index (κ2) is 2.55. The molecule has 5 heteroatoms. The molecule has 5 N–H and O–H groups in total. The number of quaternary nitrogens is 1. The molecule has 0 radical (unpaired) electrons. The van der Waals surface area contributed by atoms with E-state index in [1.54, 1.807) is 0 Å². The molecular formula is C6H8N3O2+. The molecule has 0 atom stereocenters. The van der Waals surface area contributed by atoms with E-state index in [4.69, 9.17) is 5.73 Å². The van der Waals surface area contributed by atoms with E-state index in [9.17, 15) is 10.1 Å². The Morgan fingerprint density at radius 2 is 2.18 bits per heavy atom. The van der Waals surface area contributed by atoms with Gasteiger partial charge < -0.3 is 11.5 Å². The van der Waals surface area contributed by atoms with Crippen molar-refractivity contribution in [1.82, 2.24) is 0 Å². The minimum atomic E-state index is -0.490. The molecule has 0 aromatic heterocycles. The summed E-state index contributed by atoms with van der Waals surface area (Å²) in [6.45, 7) is 0. The maximum atomic E-state index is 10.2. The summed E-state index contributed by atoms with van der Waals surface area (Å²) in [6.07, 6.45) is 0. The van der Waals surface area contributed by atoms with Gasteiger partial charge in [0.25, 0.3) is 5.69 Å². The molecule has 0 unspecified atom stereocenters. The third-order valence-corrected chi connectivity index (χ3v) is 1.34. The summed E-state index contributed by atoms with van der Waals surface area (Å²) >= 11 is 0. The van der Waals surface area contributed by atoms with Gasteiger partial charge in [-0.15, -0.1) is 0 Å². The van der Waals surface area contributed by atoms with Crippen LogP contribution in [-0.4, -0.2) is 4.92 Å². The molecule has 1 rings (SSSR count). The van der Waals surface area contributed by atoms with Gasteiger partial charge in [0.1, 0.15) is 5.69 Å². The lowest BCUT2D eigenvalue weighted by Crippen LogP contribution is -2.40. The van der Waals surface area contributed by atoms with Crippen LogP contribution >= 0.6 is 0 Å². The van der Waals surface area contributed by atoms with Gasteiger partial charge >= 0.3 is 0 Å². The predicted octanol–water partition coefficient (Wildman–Crippen LogP) is 0.0504. The lowest BCUT2D eigenvalue weighted by atomic mass is 10.2. The van der Waals surface area contributed by atoms with Crippen molar-refractivity contribution in [2.75, 3.05) is 5.73 Å². The fourth-order valence-electron chi connectivity index (χ4n) is 0.696. The molecule has 0 aliphatic carbocycles. The van der Waals surface area contributed by atoms with Crippen molar-refractivity contribution in [2.24, 2.45) is 0 Å². The van der Waals surface area contributed by atoms with Crippen LogP contribution in [0.15, 0.2) is 18.2 Å². The third-order valence-electron chi connectivity index (χ3n) is 1.34. The zero-order valence-corrected chi connectivity index (χ0v) is 5.78. The molecule has 0 heterocycles. The zero-order valence-electron chi connectivity index (χ0n) is 5.78. The summed E-state index contributed by atoms with van der Waals surface area (Å²) < 4.78 is 0. The lowest BCUT2D eigenvalue weighted by molar-refractivity contribution is -0.385. The van der Waals surface area contributed by atoms with E-state index in [1.807, 2.05) is 0 Å². The summed E-state index contributed by atoms with van der Waals surface area (Å²) in [5.41, 5.74) is 9.91. The predicted molar refractivity (Wildman–Crippen MR) is 40.1 cm³/mol. The van der Waals surface area contributed by atoms with Crippen LogP contribution in [0, 0.1) is 10.1 Å². The number of nitrogens with zero attached hydrogens (tertiary/aromatic N) is 1. The van der Waals surface area contributed by atoms with Crippen molar-refractivity contribution < 1.29 is 10.7 Å². The van der Waals surface area contributed by atoms with Crippen LogP contribution in [0.2, 0.25) is 0 Å². The van der Waals surface area contributed by atoms with Crippen LogP contribution in [0.3, 0.4) is 0 Å². The van der Waals surface area contributed by atoms with Crippen molar-refractivity contribution in [1.29, 1.82) is 0 Å². The van der Waals surface area contributed by atoms with Gasteiger partial charge in [-0.1, -0.05) is 0 Å². The second-order valence-corrected chi connectivity index (χ2v) is 2.14. The van der Waals surface area contributed by atoms with Gasteiger partial charge in [0.15, 0.2) is 5.69 Å². The van der Waals surface area contributed by atoms with Gasteiger partial charge in [0.05, 0.1) is 4.92 Å². The van der Waals surface area contributed by atoms with Crippen molar-refractivity contribution >= 4 is 17.1 Å². The molecule has 58 valence electrons. The van der Waals surface area contributed by atoms with E-state index >= 15 is 0 Å². The largest absolute Gasteiger partial charge is 0.394 e. The molecule has 1 aromatic rings. The van der Waals surface area contributed by atoms with E-state index in [-0.39, 0.29) is 5.69 Å². The Morgan fingerprint density at radius 1 is 1.55 bits per heavy atom. The average molecular weight is 154 g/mol. The fourth-order valence-corrected chi connectivity index (χ4v) is 0.696. The van der Waals surface area contributed by atoms with Crippen LogP contribution < -0.4 is 11.5 Å². The van der Waals surface area contributed by atoms with Gasteiger partial charge in [0, 0.05) is 18.2 Å². The van der Waals surface area contributed by atoms with Crippen LogP contribution in [0.4, 0.5) is 17.1 Å². The maximum absolute atomic E-state index is 10.2. The number of non-ortho nitro benzene ring substituents is 1. The van der Waals surface area contributed by atoms with Crippen molar-refractivity contribution in [3.8, 4) is 0 Å². The topological polar surface area (TPSA) is 96.8 Å². The molecule has 11 heavy (non-hydrogen) atoms. The molecule has 0 spiro atoms. The van der Waals surface area contributed by atoms with Gasteiger partial charge in [0.2, 0.25) is 0 Å². The molecule has 5 nitrogen and oxygen atoms in total. The number of nitro groups is 1. The number of nitrogen functional groups attached to an aromatic ring is 1. The Hall–Kier alpha value is -1.62. The van der Waals surface area contributed by atoms with Gasteiger partial charge in [-0.25, -0.2) is 0 Å². The minimum absolute atomic E-state index is 0.00472. The minimum Gasteiger partial charge on any atom is -0.394 e. The van der Waals surface area contributed by atoms with E-state index < -0.39 is 4.92 Å². The number of nitrogens with two attached hydrogens (primary N) is 1. The van der Waals surface area contributed by atoms with Gasteiger partial charge in [-0.2, -0.15) is 0 Å². The van der Waals surface area contributed by atoms with Crippen LogP contribution in [0.25, 0.3) is 0 Å². The Bertz CT molecular complexity index is 298. The Balaban J connectivity index is 3.15. The molecule has 0 bridgehead atoms. The number of nitro benzene ring substituents is 1. The quantitative estimate of drug-likeness (QED) is 0.339. The number of anilines is 1. The number of hydrogen-bond acceptors (Lipinski definition) is 3. The first-order valence-corrected chi connectivity index (χ1v) is 2.97. The number of rotatable bonds is 1. The zero-order chi connectivity index (χ0) is 8.43. The molecular weight excluding hydrogens is 146 g/mol. The number of benzene rings is 1. The molecule has 0 saturated carbocycles. The highest BCUT2D eigenvalue weighted by molar-refractivity contribution is 5.61. The molecule has 0 amide bonds. The van der Waals surface area contributed by atoms with Crippen LogP contribution in [0.5, 0.6) is 0 Å². The molecule has 0 fully saturated rings. The molecule has 0 aliphatic heterocycles. The summed E-state index contributed by atoms with van der Waals surface area (Å²) in [6, 6.07) is 4.19. The van der Waals surface area contributed by atoms with E-state index in [1.165, 1.54) is 18.2 Å². The lowest BCUT2D eigenvalue weighted by Gasteiger charge is -1.94. The Labute approximate surface area is 62.8 Å². The molecule has 0 aliphatic rings. The highest BCUT2D eigenvalue weighted by Crippen LogP contribution is 2.19. The Morgan fingerprint density at radius 3 is 2.64 bits per heavy atom. The highest BCUT2D eigenvalue weighted by atomic mass is 16.6. The summed E-state index contributed by atoms with van der Waals surface area (Å²) in [7, 11) is 0. The first-order chi connectivity index (χ1) is 5.11. The molecule has 0 saturated heterocycles.